The van der Waals surface area contributed by atoms with Crippen molar-refractivity contribution >= 4 is 34.5 Å². The van der Waals surface area contributed by atoms with Crippen LogP contribution in [-0.4, -0.2) is 33.3 Å². The molecule has 0 saturated heterocycles. The second kappa shape index (κ2) is 7.99. The number of nitrogens with zero attached hydrogens (tertiary/aromatic N) is 3. The van der Waals surface area contributed by atoms with Crippen LogP contribution in [0.1, 0.15) is 5.56 Å². The maximum absolute atomic E-state index is 11.9. The molecule has 8 nitrogen and oxygen atoms in total. The zero-order chi connectivity index (χ0) is 18.4. The molecular formula is C17H13N5O3S. The number of carbonyl (C=O) groups is 2. The summed E-state index contributed by atoms with van der Waals surface area (Å²) in [6.07, 6.45) is 1.24. The van der Waals surface area contributed by atoms with Crippen molar-refractivity contribution in [3.05, 3.63) is 60.2 Å². The van der Waals surface area contributed by atoms with E-state index in [9.17, 15) is 14.7 Å². The van der Waals surface area contributed by atoms with Gasteiger partial charge in [-0.3, -0.25) is 14.9 Å². The van der Waals surface area contributed by atoms with Crippen LogP contribution < -0.4 is 10.7 Å². The summed E-state index contributed by atoms with van der Waals surface area (Å²) in [5.41, 5.74) is 3.35. The van der Waals surface area contributed by atoms with E-state index in [0.717, 1.165) is 16.9 Å². The second-order valence-electron chi connectivity index (χ2n) is 4.99. The number of hydrogen-bond donors (Lipinski definition) is 3. The summed E-state index contributed by atoms with van der Waals surface area (Å²) >= 11 is 1.15. The molecule has 2 aromatic carbocycles. The van der Waals surface area contributed by atoms with Crippen molar-refractivity contribution in [2.45, 2.75) is 0 Å². The summed E-state index contributed by atoms with van der Waals surface area (Å²) in [5, 5.41) is 24.2. The monoisotopic (exact) mass is 367 g/mol. The van der Waals surface area contributed by atoms with E-state index >= 15 is 0 Å². The summed E-state index contributed by atoms with van der Waals surface area (Å²) in [7, 11) is 0. The van der Waals surface area contributed by atoms with Crippen LogP contribution in [0.5, 0.6) is 5.75 Å². The fourth-order valence-electron chi connectivity index (χ4n) is 1.93. The summed E-state index contributed by atoms with van der Waals surface area (Å²) in [5.74, 6) is -1.87. The van der Waals surface area contributed by atoms with Crippen molar-refractivity contribution in [3.63, 3.8) is 0 Å². The minimum atomic E-state index is -0.965. The Kier molecular flexibility index (Phi) is 5.30. The van der Waals surface area contributed by atoms with Crippen LogP contribution in [0.25, 0.3) is 10.6 Å². The fraction of sp³-hybridized carbons (Fsp3) is 0. The molecule has 0 atom stereocenters. The van der Waals surface area contributed by atoms with E-state index in [4.69, 9.17) is 0 Å². The number of phenols is 1. The molecule has 3 aromatic rings. The largest absolute Gasteiger partial charge is 0.507 e. The van der Waals surface area contributed by atoms with Crippen LogP contribution in [0.2, 0.25) is 0 Å². The molecule has 0 aliphatic carbocycles. The number of hydrogen-bond acceptors (Lipinski definition) is 7. The van der Waals surface area contributed by atoms with Gasteiger partial charge in [0.25, 0.3) is 0 Å². The van der Waals surface area contributed by atoms with Gasteiger partial charge in [0.1, 0.15) is 10.8 Å². The van der Waals surface area contributed by atoms with E-state index in [1.165, 1.54) is 12.3 Å². The number of carbonyl (C=O) groups excluding carboxylic acids is 2. The molecule has 0 spiro atoms. The first kappa shape index (κ1) is 17.2. The van der Waals surface area contributed by atoms with Crippen molar-refractivity contribution in [1.29, 1.82) is 0 Å². The molecular weight excluding hydrogens is 354 g/mol. The van der Waals surface area contributed by atoms with E-state index in [1.54, 1.807) is 18.2 Å². The Labute approximate surface area is 152 Å². The highest BCUT2D eigenvalue weighted by Crippen LogP contribution is 2.25. The molecule has 1 aromatic heterocycles. The predicted molar refractivity (Wildman–Crippen MR) is 97.8 cm³/mol. The van der Waals surface area contributed by atoms with Gasteiger partial charge >= 0.3 is 11.8 Å². The topological polar surface area (TPSA) is 117 Å². The lowest BCUT2D eigenvalue weighted by molar-refractivity contribution is -0.136. The van der Waals surface area contributed by atoms with Crippen LogP contribution in [0, 0.1) is 0 Å². The predicted octanol–water partition coefficient (Wildman–Crippen LogP) is 2.00. The van der Waals surface area contributed by atoms with E-state index in [-0.39, 0.29) is 10.9 Å². The quantitative estimate of drug-likeness (QED) is 0.370. The third kappa shape index (κ3) is 4.28. The number of amides is 2. The second-order valence-corrected chi connectivity index (χ2v) is 5.97. The van der Waals surface area contributed by atoms with Crippen LogP contribution >= 0.6 is 11.3 Å². The standard InChI is InChI=1S/C17H13N5O3S/c23-13-9-5-4-8-12(13)10-18-20-15(25)14(24)19-17-22-21-16(26-17)11-6-2-1-3-7-11/h1-10,23H,(H,20,25)(H,19,22,24)/b18-10+. The number of hydrazone groups is 1. The molecule has 2 amide bonds. The molecule has 3 N–H and O–H groups in total. The number of phenolic OH excluding ortho intramolecular Hbond substituents is 1. The van der Waals surface area contributed by atoms with Gasteiger partial charge in [0.15, 0.2) is 0 Å². The van der Waals surface area contributed by atoms with Crippen molar-refractivity contribution in [2.75, 3.05) is 5.32 Å². The molecule has 130 valence electrons. The minimum Gasteiger partial charge on any atom is -0.507 e. The van der Waals surface area contributed by atoms with Gasteiger partial charge in [0.2, 0.25) is 5.13 Å². The van der Waals surface area contributed by atoms with Gasteiger partial charge in [-0.15, -0.1) is 10.2 Å². The molecule has 26 heavy (non-hydrogen) atoms. The normalized spacial score (nSPS) is 10.6. The summed E-state index contributed by atoms with van der Waals surface area (Å²) in [6.45, 7) is 0. The van der Waals surface area contributed by atoms with Crippen LogP contribution in [0.3, 0.4) is 0 Å². The summed E-state index contributed by atoms with van der Waals surface area (Å²) in [4.78, 5) is 23.6. The Hall–Kier alpha value is -3.59. The Bertz CT molecular complexity index is 956. The molecule has 1 heterocycles. The fourth-order valence-corrected chi connectivity index (χ4v) is 2.68. The van der Waals surface area contributed by atoms with E-state index in [1.807, 2.05) is 30.3 Å². The average Bonchev–Trinajstić information content (AvgIpc) is 3.12. The van der Waals surface area contributed by atoms with Crippen molar-refractivity contribution < 1.29 is 14.7 Å². The van der Waals surface area contributed by atoms with Crippen LogP contribution in [0.4, 0.5) is 5.13 Å². The molecule has 9 heteroatoms. The van der Waals surface area contributed by atoms with E-state index < -0.39 is 11.8 Å². The molecule has 0 aliphatic heterocycles. The molecule has 0 unspecified atom stereocenters. The van der Waals surface area contributed by atoms with Gasteiger partial charge in [0.05, 0.1) is 6.21 Å². The third-order valence-electron chi connectivity index (χ3n) is 3.18. The number of aromatic nitrogens is 2. The number of para-hydroxylation sites is 1. The van der Waals surface area contributed by atoms with Gasteiger partial charge in [-0.2, -0.15) is 5.10 Å². The first-order valence-electron chi connectivity index (χ1n) is 7.45. The van der Waals surface area contributed by atoms with Gasteiger partial charge in [-0.05, 0) is 12.1 Å². The number of rotatable bonds is 4. The zero-order valence-electron chi connectivity index (χ0n) is 13.3. The minimum absolute atomic E-state index is 0.0113. The zero-order valence-corrected chi connectivity index (χ0v) is 14.1. The first-order chi connectivity index (χ1) is 12.6. The van der Waals surface area contributed by atoms with Gasteiger partial charge in [-0.1, -0.05) is 53.8 Å². The number of nitrogens with one attached hydrogen (secondary N) is 2. The number of aromatic hydroxyl groups is 1. The Morgan fingerprint density at radius 1 is 1.00 bits per heavy atom. The van der Waals surface area contributed by atoms with Crippen molar-refractivity contribution in [1.82, 2.24) is 15.6 Å². The lowest BCUT2D eigenvalue weighted by Crippen LogP contribution is -2.32. The van der Waals surface area contributed by atoms with Gasteiger partial charge < -0.3 is 5.11 Å². The van der Waals surface area contributed by atoms with E-state index in [2.05, 4.69) is 26.0 Å². The molecule has 0 saturated carbocycles. The molecule has 0 bridgehead atoms. The molecule has 0 aliphatic rings. The van der Waals surface area contributed by atoms with Crippen molar-refractivity contribution in [2.24, 2.45) is 5.10 Å². The highest BCUT2D eigenvalue weighted by atomic mass is 32.1. The van der Waals surface area contributed by atoms with Crippen LogP contribution in [0.15, 0.2) is 59.7 Å². The molecule has 3 rings (SSSR count). The maximum atomic E-state index is 11.9. The van der Waals surface area contributed by atoms with Crippen LogP contribution in [-0.2, 0) is 9.59 Å². The lowest BCUT2D eigenvalue weighted by atomic mass is 10.2. The summed E-state index contributed by atoms with van der Waals surface area (Å²) in [6, 6.07) is 15.8. The number of anilines is 1. The number of benzene rings is 2. The highest BCUT2D eigenvalue weighted by molar-refractivity contribution is 7.18. The Balaban J connectivity index is 1.57. The molecule has 0 fully saturated rings. The smallest absolute Gasteiger partial charge is 0.329 e. The maximum Gasteiger partial charge on any atom is 0.329 e. The van der Waals surface area contributed by atoms with Crippen molar-refractivity contribution in [3.8, 4) is 16.3 Å². The highest BCUT2D eigenvalue weighted by Gasteiger charge is 2.16. The van der Waals surface area contributed by atoms with Gasteiger partial charge in [-0.25, -0.2) is 5.43 Å². The Morgan fingerprint density at radius 3 is 2.50 bits per heavy atom. The van der Waals surface area contributed by atoms with Gasteiger partial charge in [0, 0.05) is 11.1 Å². The third-order valence-corrected chi connectivity index (χ3v) is 4.07. The average molecular weight is 367 g/mol. The Morgan fingerprint density at radius 2 is 1.73 bits per heavy atom. The lowest BCUT2D eigenvalue weighted by Gasteiger charge is -2.00. The SMILES string of the molecule is O=C(N/N=C/c1ccccc1O)C(=O)Nc1nnc(-c2ccccc2)s1. The molecule has 0 radical (unpaired) electrons. The first-order valence-corrected chi connectivity index (χ1v) is 8.26. The summed E-state index contributed by atoms with van der Waals surface area (Å²) < 4.78 is 0. The van der Waals surface area contributed by atoms with E-state index in [0.29, 0.717) is 10.6 Å².